The molecule has 1 aromatic rings. The Hall–Kier alpha value is -1.03. The molecule has 102 valence electrons. The van der Waals surface area contributed by atoms with E-state index in [0.717, 1.165) is 5.95 Å². The molecule has 0 aromatic carbocycles. The van der Waals surface area contributed by atoms with Crippen molar-refractivity contribution < 1.29 is 4.74 Å². The van der Waals surface area contributed by atoms with Crippen molar-refractivity contribution in [2.75, 3.05) is 19.0 Å². The van der Waals surface area contributed by atoms with Crippen molar-refractivity contribution >= 4 is 5.95 Å². The summed E-state index contributed by atoms with van der Waals surface area (Å²) in [6.07, 6.45) is 10.6. The van der Waals surface area contributed by atoms with E-state index in [9.17, 15) is 0 Å². The summed E-state index contributed by atoms with van der Waals surface area (Å²) in [5.41, 5.74) is -0.0908. The van der Waals surface area contributed by atoms with Crippen LogP contribution in [0.1, 0.15) is 52.0 Å². The Bertz CT molecular complexity index is 367. The lowest BCUT2D eigenvalue weighted by Crippen LogP contribution is -2.37. The summed E-state index contributed by atoms with van der Waals surface area (Å²) in [6, 6.07) is 0.613. The molecule has 0 atom stereocenters. The number of anilines is 1. The monoisotopic (exact) mass is 251 g/mol. The number of ether oxygens (including phenoxy) is 1. The summed E-state index contributed by atoms with van der Waals surface area (Å²) in [5, 5.41) is 3.49. The second-order valence-electron chi connectivity index (χ2n) is 5.89. The van der Waals surface area contributed by atoms with Crippen LogP contribution in [0, 0.1) is 0 Å². The van der Waals surface area contributed by atoms with Crippen molar-refractivity contribution in [3.05, 3.63) is 12.4 Å². The van der Waals surface area contributed by atoms with Crippen LogP contribution < -0.4 is 5.32 Å². The molecule has 0 saturated heterocycles. The maximum Gasteiger partial charge on any atom is 0.203 e. The molecule has 2 rings (SSSR count). The second-order valence-corrected chi connectivity index (χ2v) is 5.89. The SMILES string of the molecule is COCC(C)(C)Nc1nccn1C1CCCCC1. The molecule has 1 fully saturated rings. The molecule has 0 amide bonds. The topological polar surface area (TPSA) is 39.1 Å². The zero-order valence-electron chi connectivity index (χ0n) is 11.8. The highest BCUT2D eigenvalue weighted by atomic mass is 16.5. The molecule has 1 aliphatic rings. The number of nitrogens with zero attached hydrogens (tertiary/aromatic N) is 2. The first-order chi connectivity index (χ1) is 8.62. The van der Waals surface area contributed by atoms with Crippen LogP contribution in [-0.2, 0) is 4.74 Å². The first-order valence-electron chi connectivity index (χ1n) is 6.92. The van der Waals surface area contributed by atoms with Gasteiger partial charge >= 0.3 is 0 Å². The molecule has 0 spiro atoms. The molecule has 1 aromatic heterocycles. The van der Waals surface area contributed by atoms with Gasteiger partial charge in [0.15, 0.2) is 0 Å². The van der Waals surface area contributed by atoms with E-state index in [2.05, 4.69) is 34.9 Å². The Balaban J connectivity index is 2.07. The van der Waals surface area contributed by atoms with Crippen LogP contribution in [0.3, 0.4) is 0 Å². The van der Waals surface area contributed by atoms with Crippen molar-refractivity contribution in [3.63, 3.8) is 0 Å². The lowest BCUT2D eigenvalue weighted by atomic mass is 9.95. The van der Waals surface area contributed by atoms with Gasteiger partial charge in [-0.1, -0.05) is 19.3 Å². The fourth-order valence-corrected chi connectivity index (χ4v) is 2.76. The molecule has 0 bridgehead atoms. The molecular formula is C14H25N3O. The number of aromatic nitrogens is 2. The number of rotatable bonds is 5. The summed E-state index contributed by atoms with van der Waals surface area (Å²) >= 11 is 0. The molecule has 0 aliphatic heterocycles. The smallest absolute Gasteiger partial charge is 0.203 e. The predicted octanol–water partition coefficient (Wildman–Crippen LogP) is 3.23. The quantitative estimate of drug-likeness (QED) is 0.873. The summed E-state index contributed by atoms with van der Waals surface area (Å²) < 4.78 is 7.54. The van der Waals surface area contributed by atoms with E-state index >= 15 is 0 Å². The van der Waals surface area contributed by atoms with Gasteiger partial charge in [0.05, 0.1) is 12.1 Å². The summed E-state index contributed by atoms with van der Waals surface area (Å²) in [4.78, 5) is 4.46. The lowest BCUT2D eigenvalue weighted by Gasteiger charge is -2.29. The van der Waals surface area contributed by atoms with Gasteiger partial charge in [-0.25, -0.2) is 4.98 Å². The minimum Gasteiger partial charge on any atom is -0.382 e. The third-order valence-electron chi connectivity index (χ3n) is 3.59. The maximum absolute atomic E-state index is 5.24. The van der Waals surface area contributed by atoms with E-state index in [0.29, 0.717) is 12.6 Å². The minimum absolute atomic E-state index is 0.0908. The Morgan fingerprint density at radius 1 is 1.39 bits per heavy atom. The van der Waals surface area contributed by atoms with Crippen LogP contribution in [-0.4, -0.2) is 28.8 Å². The van der Waals surface area contributed by atoms with Crippen molar-refractivity contribution in [2.45, 2.75) is 57.5 Å². The maximum atomic E-state index is 5.24. The zero-order valence-corrected chi connectivity index (χ0v) is 11.8. The molecule has 4 nitrogen and oxygen atoms in total. The van der Waals surface area contributed by atoms with Gasteiger partial charge in [-0.15, -0.1) is 0 Å². The molecule has 18 heavy (non-hydrogen) atoms. The van der Waals surface area contributed by atoms with Gasteiger partial charge < -0.3 is 14.6 Å². The Kier molecular flexibility index (Phi) is 4.27. The van der Waals surface area contributed by atoms with Gasteiger partial charge in [0.25, 0.3) is 0 Å². The molecule has 1 N–H and O–H groups in total. The van der Waals surface area contributed by atoms with Crippen molar-refractivity contribution in [1.29, 1.82) is 0 Å². The van der Waals surface area contributed by atoms with Crippen molar-refractivity contribution in [1.82, 2.24) is 9.55 Å². The third-order valence-corrected chi connectivity index (χ3v) is 3.59. The molecule has 0 unspecified atom stereocenters. The first-order valence-corrected chi connectivity index (χ1v) is 6.92. The highest BCUT2D eigenvalue weighted by molar-refractivity contribution is 5.30. The Labute approximate surface area is 110 Å². The van der Waals surface area contributed by atoms with Crippen LogP contribution in [0.15, 0.2) is 12.4 Å². The standard InChI is InChI=1S/C14H25N3O/c1-14(2,11-18-3)16-13-15-9-10-17(13)12-7-5-4-6-8-12/h9-10,12H,4-8,11H2,1-3H3,(H,15,16). The van der Waals surface area contributed by atoms with Crippen LogP contribution in [0.2, 0.25) is 0 Å². The van der Waals surface area contributed by atoms with Crippen molar-refractivity contribution in [2.24, 2.45) is 0 Å². The number of methoxy groups -OCH3 is 1. The highest BCUT2D eigenvalue weighted by Crippen LogP contribution is 2.30. The largest absolute Gasteiger partial charge is 0.382 e. The Morgan fingerprint density at radius 2 is 2.11 bits per heavy atom. The summed E-state index contributed by atoms with van der Waals surface area (Å²) in [6.45, 7) is 4.94. The number of nitrogens with one attached hydrogen (secondary N) is 1. The fraction of sp³-hybridized carbons (Fsp3) is 0.786. The molecule has 1 heterocycles. The van der Waals surface area contributed by atoms with Crippen LogP contribution >= 0.6 is 0 Å². The van der Waals surface area contributed by atoms with Crippen molar-refractivity contribution in [3.8, 4) is 0 Å². The van der Waals surface area contributed by atoms with Gasteiger partial charge in [-0.2, -0.15) is 0 Å². The minimum atomic E-state index is -0.0908. The van der Waals surface area contributed by atoms with Gasteiger partial charge in [-0.05, 0) is 26.7 Å². The second kappa shape index (κ2) is 5.74. The van der Waals surface area contributed by atoms with E-state index in [1.54, 1.807) is 7.11 Å². The van der Waals surface area contributed by atoms with Crippen LogP contribution in [0.4, 0.5) is 5.95 Å². The van der Waals surface area contributed by atoms with Gasteiger partial charge in [-0.3, -0.25) is 0 Å². The lowest BCUT2D eigenvalue weighted by molar-refractivity contribution is 0.157. The van der Waals surface area contributed by atoms with Gasteiger partial charge in [0.2, 0.25) is 5.95 Å². The molecule has 4 heteroatoms. The zero-order chi connectivity index (χ0) is 13.0. The van der Waals surface area contributed by atoms with E-state index in [-0.39, 0.29) is 5.54 Å². The van der Waals surface area contributed by atoms with E-state index in [1.807, 2.05) is 6.20 Å². The average Bonchev–Trinajstić information content (AvgIpc) is 2.77. The molecule has 1 saturated carbocycles. The first kappa shape index (κ1) is 13.4. The van der Waals surface area contributed by atoms with Gasteiger partial charge in [0, 0.05) is 25.5 Å². The summed E-state index contributed by atoms with van der Waals surface area (Å²) in [5.74, 6) is 0.976. The van der Waals surface area contributed by atoms with Crippen LogP contribution in [0.25, 0.3) is 0 Å². The normalized spacial score (nSPS) is 17.9. The van der Waals surface area contributed by atoms with Gasteiger partial charge in [0.1, 0.15) is 0 Å². The number of hydrogen-bond acceptors (Lipinski definition) is 3. The predicted molar refractivity (Wildman–Crippen MR) is 73.9 cm³/mol. The fourth-order valence-electron chi connectivity index (χ4n) is 2.76. The molecule has 0 radical (unpaired) electrons. The Morgan fingerprint density at radius 3 is 2.78 bits per heavy atom. The molecule has 1 aliphatic carbocycles. The van der Waals surface area contributed by atoms with E-state index in [1.165, 1.54) is 32.1 Å². The van der Waals surface area contributed by atoms with E-state index < -0.39 is 0 Å². The van der Waals surface area contributed by atoms with Crippen LogP contribution in [0.5, 0.6) is 0 Å². The number of imidazole rings is 1. The third kappa shape index (κ3) is 3.25. The number of hydrogen-bond donors (Lipinski definition) is 1. The highest BCUT2D eigenvalue weighted by Gasteiger charge is 2.22. The average molecular weight is 251 g/mol. The summed E-state index contributed by atoms with van der Waals surface area (Å²) in [7, 11) is 1.73. The molecular weight excluding hydrogens is 226 g/mol. The van der Waals surface area contributed by atoms with E-state index in [4.69, 9.17) is 4.74 Å².